The summed E-state index contributed by atoms with van der Waals surface area (Å²) in [6, 6.07) is 16.0. The van der Waals surface area contributed by atoms with Gasteiger partial charge in [0.25, 0.3) is 5.91 Å². The molecule has 0 saturated carbocycles. The number of nitriles is 1. The summed E-state index contributed by atoms with van der Waals surface area (Å²) in [5.74, 6) is -0.468. The highest BCUT2D eigenvalue weighted by molar-refractivity contribution is 6.42. The zero-order chi connectivity index (χ0) is 24.0. The van der Waals surface area contributed by atoms with Crippen LogP contribution < -0.4 is 10.1 Å². The lowest BCUT2D eigenvalue weighted by molar-refractivity contribution is -0.112. The number of carbonyl (C=O) groups is 1. The van der Waals surface area contributed by atoms with Gasteiger partial charge in [-0.25, -0.2) is 4.39 Å². The summed E-state index contributed by atoms with van der Waals surface area (Å²) in [5, 5.41) is 13.1. The van der Waals surface area contributed by atoms with Crippen LogP contribution in [0.15, 0.2) is 60.2 Å². The predicted molar refractivity (Wildman–Crippen MR) is 131 cm³/mol. The van der Waals surface area contributed by atoms with Crippen molar-refractivity contribution < 1.29 is 13.9 Å². The van der Waals surface area contributed by atoms with E-state index in [1.807, 2.05) is 13.0 Å². The fourth-order valence-corrected chi connectivity index (χ4v) is 3.69. The summed E-state index contributed by atoms with van der Waals surface area (Å²) in [4.78, 5) is 12.6. The second-order valence-corrected chi connectivity index (χ2v) is 8.19. The van der Waals surface area contributed by atoms with E-state index in [0.29, 0.717) is 45.6 Å². The third-order valence-electron chi connectivity index (χ3n) is 4.60. The molecule has 3 rings (SSSR count). The monoisotopic (exact) mass is 502 g/mol. The number of amides is 1. The van der Waals surface area contributed by atoms with Crippen LogP contribution in [0.1, 0.15) is 23.6 Å². The lowest BCUT2D eigenvalue weighted by Gasteiger charge is -2.14. The molecule has 0 saturated heterocycles. The highest BCUT2D eigenvalue weighted by Crippen LogP contribution is 2.32. The van der Waals surface area contributed by atoms with Crippen molar-refractivity contribution in [3.8, 4) is 11.8 Å². The fourth-order valence-electron chi connectivity index (χ4n) is 3.11. The number of carbonyl (C=O) groups excluding carboxylic acids is 1. The molecule has 0 atom stereocenters. The van der Waals surface area contributed by atoms with Crippen LogP contribution in [0.5, 0.6) is 5.75 Å². The number of rotatable bonds is 7. The molecule has 0 aromatic heterocycles. The van der Waals surface area contributed by atoms with Crippen molar-refractivity contribution in [3.63, 3.8) is 0 Å². The minimum absolute atomic E-state index is 0.141. The first-order valence-corrected chi connectivity index (χ1v) is 11.0. The molecular weight excluding hydrogens is 486 g/mol. The SMILES string of the molecule is CCOc1cc(/C=C(\C#N)C(=O)Nc2ccc(Cl)c(Cl)c2)cc(Cl)c1Cc1cccc(F)c1. The maximum Gasteiger partial charge on any atom is 0.266 e. The van der Waals surface area contributed by atoms with Crippen LogP contribution in [0.2, 0.25) is 15.1 Å². The van der Waals surface area contributed by atoms with Crippen molar-refractivity contribution in [3.05, 3.63) is 97.7 Å². The Balaban J connectivity index is 1.91. The third-order valence-corrected chi connectivity index (χ3v) is 5.68. The Labute approximate surface area is 206 Å². The van der Waals surface area contributed by atoms with Gasteiger partial charge in [-0.3, -0.25) is 4.79 Å². The summed E-state index contributed by atoms with van der Waals surface area (Å²) < 4.78 is 19.3. The number of hydrogen-bond donors (Lipinski definition) is 1. The number of benzene rings is 3. The van der Waals surface area contributed by atoms with Gasteiger partial charge in [0.05, 0.1) is 16.7 Å². The molecule has 0 aliphatic heterocycles. The summed E-state index contributed by atoms with van der Waals surface area (Å²) in [6.07, 6.45) is 1.77. The quantitative estimate of drug-likeness (QED) is 0.271. The lowest BCUT2D eigenvalue weighted by Crippen LogP contribution is -2.13. The van der Waals surface area contributed by atoms with Crippen LogP contribution in [0, 0.1) is 17.1 Å². The van der Waals surface area contributed by atoms with Crippen LogP contribution in [-0.2, 0) is 11.2 Å². The van der Waals surface area contributed by atoms with Gasteiger partial charge in [-0.05, 0) is 66.6 Å². The summed E-state index contributed by atoms with van der Waals surface area (Å²) in [7, 11) is 0. The van der Waals surface area contributed by atoms with Crippen molar-refractivity contribution in [1.29, 1.82) is 5.26 Å². The molecule has 0 radical (unpaired) electrons. The summed E-state index contributed by atoms with van der Waals surface area (Å²) >= 11 is 18.4. The second-order valence-electron chi connectivity index (χ2n) is 6.97. The molecule has 1 amide bonds. The first-order chi connectivity index (χ1) is 15.8. The van der Waals surface area contributed by atoms with Gasteiger partial charge in [0.2, 0.25) is 0 Å². The third kappa shape index (κ3) is 6.49. The number of nitrogens with one attached hydrogen (secondary N) is 1. The Morgan fingerprint density at radius 3 is 2.55 bits per heavy atom. The van der Waals surface area contributed by atoms with Crippen molar-refractivity contribution in [2.45, 2.75) is 13.3 Å². The number of ether oxygens (including phenoxy) is 1. The maximum absolute atomic E-state index is 13.6. The molecule has 4 nitrogen and oxygen atoms in total. The van der Waals surface area contributed by atoms with Gasteiger partial charge in [0.15, 0.2) is 0 Å². The van der Waals surface area contributed by atoms with E-state index in [2.05, 4.69) is 5.32 Å². The van der Waals surface area contributed by atoms with Gasteiger partial charge in [-0.15, -0.1) is 0 Å². The van der Waals surface area contributed by atoms with Crippen LogP contribution in [-0.4, -0.2) is 12.5 Å². The zero-order valence-corrected chi connectivity index (χ0v) is 19.7. The molecular formula is C25H18Cl3FN2O2. The first kappa shape index (κ1) is 24.6. The van der Waals surface area contributed by atoms with Crippen LogP contribution in [0.4, 0.5) is 10.1 Å². The van der Waals surface area contributed by atoms with E-state index in [4.69, 9.17) is 39.5 Å². The number of hydrogen-bond acceptors (Lipinski definition) is 3. The number of nitrogens with zero attached hydrogens (tertiary/aromatic N) is 1. The Hall–Kier alpha value is -3.04. The Bertz CT molecular complexity index is 1270. The standard InChI is InChI=1S/C25H18Cl3FN2O2/c1-2-33-24-12-16(11-22(27)20(24)10-15-4-3-5-18(29)9-15)8-17(14-30)25(32)31-19-6-7-21(26)23(28)13-19/h3-9,11-13H,2,10H2,1H3,(H,31,32)/b17-8+. The van der Waals surface area contributed by atoms with E-state index in [1.54, 1.807) is 36.4 Å². The molecule has 3 aromatic carbocycles. The van der Waals surface area contributed by atoms with E-state index in [-0.39, 0.29) is 16.4 Å². The summed E-state index contributed by atoms with van der Waals surface area (Å²) in [6.45, 7) is 2.20. The van der Waals surface area contributed by atoms with Crippen molar-refractivity contribution >= 4 is 52.5 Å². The van der Waals surface area contributed by atoms with Gasteiger partial charge in [0.1, 0.15) is 23.2 Å². The number of anilines is 1. The highest BCUT2D eigenvalue weighted by Gasteiger charge is 2.15. The molecule has 0 heterocycles. The molecule has 0 spiro atoms. The van der Waals surface area contributed by atoms with E-state index in [0.717, 1.165) is 5.56 Å². The van der Waals surface area contributed by atoms with Crippen molar-refractivity contribution in [1.82, 2.24) is 0 Å². The largest absolute Gasteiger partial charge is 0.494 e. The second kappa shape index (κ2) is 11.2. The molecule has 8 heteroatoms. The van der Waals surface area contributed by atoms with E-state index >= 15 is 0 Å². The molecule has 1 N–H and O–H groups in total. The smallest absolute Gasteiger partial charge is 0.266 e. The van der Waals surface area contributed by atoms with Crippen molar-refractivity contribution in [2.24, 2.45) is 0 Å². The van der Waals surface area contributed by atoms with Crippen LogP contribution in [0.25, 0.3) is 6.08 Å². The van der Waals surface area contributed by atoms with Gasteiger partial charge in [-0.2, -0.15) is 5.26 Å². The van der Waals surface area contributed by atoms with Gasteiger partial charge < -0.3 is 10.1 Å². The molecule has 0 aliphatic rings. The minimum atomic E-state index is -0.617. The Morgan fingerprint density at radius 2 is 1.88 bits per heavy atom. The molecule has 0 bridgehead atoms. The maximum atomic E-state index is 13.6. The van der Waals surface area contributed by atoms with Crippen LogP contribution >= 0.6 is 34.8 Å². The molecule has 0 unspecified atom stereocenters. The topological polar surface area (TPSA) is 62.1 Å². The Kier molecular flexibility index (Phi) is 8.35. The van der Waals surface area contributed by atoms with Crippen molar-refractivity contribution in [2.75, 3.05) is 11.9 Å². The fraction of sp³-hybridized carbons (Fsp3) is 0.120. The lowest BCUT2D eigenvalue weighted by atomic mass is 10.0. The molecule has 0 aliphatic carbocycles. The Morgan fingerprint density at radius 1 is 1.09 bits per heavy atom. The van der Waals surface area contributed by atoms with Gasteiger partial charge in [0, 0.05) is 22.7 Å². The highest BCUT2D eigenvalue weighted by atomic mass is 35.5. The average molecular weight is 504 g/mol. The normalized spacial score (nSPS) is 11.1. The van der Waals surface area contributed by atoms with E-state index in [1.165, 1.54) is 24.3 Å². The average Bonchev–Trinajstić information content (AvgIpc) is 2.77. The molecule has 168 valence electrons. The summed E-state index contributed by atoms with van der Waals surface area (Å²) in [5.41, 5.74) is 2.18. The predicted octanol–water partition coefficient (Wildman–Crippen LogP) is 7.32. The molecule has 3 aromatic rings. The van der Waals surface area contributed by atoms with Crippen LogP contribution in [0.3, 0.4) is 0 Å². The molecule has 0 fully saturated rings. The van der Waals surface area contributed by atoms with E-state index in [9.17, 15) is 14.4 Å². The minimum Gasteiger partial charge on any atom is -0.494 e. The van der Waals surface area contributed by atoms with E-state index < -0.39 is 5.91 Å². The molecule has 33 heavy (non-hydrogen) atoms. The zero-order valence-electron chi connectivity index (χ0n) is 17.5. The first-order valence-electron chi connectivity index (χ1n) is 9.88. The van der Waals surface area contributed by atoms with Gasteiger partial charge in [-0.1, -0.05) is 46.9 Å². The van der Waals surface area contributed by atoms with Gasteiger partial charge >= 0.3 is 0 Å². The number of halogens is 4.